The summed E-state index contributed by atoms with van der Waals surface area (Å²) in [6.07, 6.45) is 2.42. The molecule has 0 heterocycles. The van der Waals surface area contributed by atoms with Gasteiger partial charge in [-0.2, -0.15) is 0 Å². The summed E-state index contributed by atoms with van der Waals surface area (Å²) in [6, 6.07) is 7.86. The lowest BCUT2D eigenvalue weighted by Crippen LogP contribution is -2.25. The van der Waals surface area contributed by atoms with Gasteiger partial charge in [0, 0.05) is 0 Å². The number of hydrogen-bond acceptors (Lipinski definition) is 2. The van der Waals surface area contributed by atoms with Crippen LogP contribution in [0.15, 0.2) is 24.3 Å². The summed E-state index contributed by atoms with van der Waals surface area (Å²) in [7, 11) is 0. The fourth-order valence-corrected chi connectivity index (χ4v) is 1.56. The third-order valence-electron chi connectivity index (χ3n) is 2.75. The smallest absolute Gasteiger partial charge is 0.316 e. The molecule has 0 saturated heterocycles. The molecule has 0 atom stereocenters. The van der Waals surface area contributed by atoms with Crippen molar-refractivity contribution in [3.05, 3.63) is 29.8 Å². The molecule has 1 saturated carbocycles. The zero-order chi connectivity index (χ0) is 11.8. The Hall–Kier alpha value is -1.31. The van der Waals surface area contributed by atoms with Gasteiger partial charge in [0.25, 0.3) is 0 Å². The summed E-state index contributed by atoms with van der Waals surface area (Å²) in [5.74, 6) is 1.18. The standard InChI is InChI=1S/C14H18O2/c1-14(2,3)13(15)16-12-7-5-4-6-11(12)10-8-9-10/h4-7,10H,8-9H2,1-3H3. The maximum Gasteiger partial charge on any atom is 0.316 e. The molecule has 1 aliphatic carbocycles. The summed E-state index contributed by atoms with van der Waals surface area (Å²) in [5.41, 5.74) is 0.733. The van der Waals surface area contributed by atoms with E-state index in [2.05, 4.69) is 6.07 Å². The fraction of sp³-hybridized carbons (Fsp3) is 0.500. The third kappa shape index (κ3) is 2.43. The van der Waals surface area contributed by atoms with E-state index < -0.39 is 5.41 Å². The third-order valence-corrected chi connectivity index (χ3v) is 2.75. The minimum atomic E-state index is -0.448. The van der Waals surface area contributed by atoms with E-state index in [1.54, 1.807) is 0 Å². The molecule has 86 valence electrons. The summed E-state index contributed by atoms with van der Waals surface area (Å²) >= 11 is 0. The van der Waals surface area contributed by atoms with Crippen molar-refractivity contribution in [3.63, 3.8) is 0 Å². The lowest BCUT2D eigenvalue weighted by Gasteiger charge is -2.17. The molecule has 0 amide bonds. The first-order chi connectivity index (χ1) is 7.48. The second kappa shape index (κ2) is 3.93. The molecule has 2 heteroatoms. The molecule has 0 radical (unpaired) electrons. The lowest BCUT2D eigenvalue weighted by atomic mass is 9.97. The molecule has 2 rings (SSSR count). The molecule has 0 bridgehead atoms. The average Bonchev–Trinajstić information content (AvgIpc) is 3.00. The largest absolute Gasteiger partial charge is 0.426 e. The maximum atomic E-state index is 11.8. The number of benzene rings is 1. The lowest BCUT2D eigenvalue weighted by molar-refractivity contribution is -0.143. The summed E-state index contributed by atoms with van der Waals surface area (Å²) in [4.78, 5) is 11.8. The van der Waals surface area contributed by atoms with Crippen LogP contribution in [0.5, 0.6) is 5.75 Å². The second-order valence-corrected chi connectivity index (χ2v) is 5.45. The van der Waals surface area contributed by atoms with E-state index in [4.69, 9.17) is 4.74 Å². The molecule has 2 nitrogen and oxygen atoms in total. The Kier molecular flexibility index (Phi) is 2.75. The first kappa shape index (κ1) is 11.2. The Morgan fingerprint density at radius 2 is 1.88 bits per heavy atom. The highest BCUT2D eigenvalue weighted by Crippen LogP contribution is 2.44. The summed E-state index contributed by atoms with van der Waals surface area (Å²) in [5, 5.41) is 0. The van der Waals surface area contributed by atoms with E-state index in [0.717, 1.165) is 5.75 Å². The van der Waals surface area contributed by atoms with Gasteiger partial charge >= 0.3 is 5.97 Å². The zero-order valence-electron chi connectivity index (χ0n) is 10.1. The number of rotatable bonds is 2. The number of carbonyl (C=O) groups excluding carboxylic acids is 1. The van der Waals surface area contributed by atoms with E-state index >= 15 is 0 Å². The zero-order valence-corrected chi connectivity index (χ0v) is 10.1. The number of ether oxygens (including phenoxy) is 1. The normalized spacial score (nSPS) is 15.9. The van der Waals surface area contributed by atoms with Crippen LogP contribution in [0.3, 0.4) is 0 Å². The molecule has 1 aliphatic rings. The molecule has 0 aromatic heterocycles. The predicted octanol–water partition coefficient (Wildman–Crippen LogP) is 3.52. The monoisotopic (exact) mass is 218 g/mol. The van der Waals surface area contributed by atoms with Crippen molar-refractivity contribution >= 4 is 5.97 Å². The maximum absolute atomic E-state index is 11.8. The van der Waals surface area contributed by atoms with Gasteiger partial charge in [-0.05, 0) is 51.2 Å². The average molecular weight is 218 g/mol. The van der Waals surface area contributed by atoms with Crippen LogP contribution in [0.4, 0.5) is 0 Å². The van der Waals surface area contributed by atoms with Gasteiger partial charge in [0.15, 0.2) is 0 Å². The van der Waals surface area contributed by atoms with Crippen molar-refractivity contribution < 1.29 is 9.53 Å². The van der Waals surface area contributed by atoms with Gasteiger partial charge in [-0.25, -0.2) is 0 Å². The SMILES string of the molecule is CC(C)(C)C(=O)Oc1ccccc1C1CC1. The number of para-hydroxylation sites is 1. The topological polar surface area (TPSA) is 26.3 Å². The van der Waals surface area contributed by atoms with Crippen LogP contribution in [-0.4, -0.2) is 5.97 Å². The van der Waals surface area contributed by atoms with Crippen LogP contribution < -0.4 is 4.74 Å². The second-order valence-electron chi connectivity index (χ2n) is 5.45. The van der Waals surface area contributed by atoms with Crippen LogP contribution in [0.25, 0.3) is 0 Å². The Balaban J connectivity index is 2.18. The molecule has 0 aliphatic heterocycles. The summed E-state index contributed by atoms with van der Waals surface area (Å²) < 4.78 is 5.47. The highest BCUT2D eigenvalue weighted by molar-refractivity contribution is 5.78. The molecule has 1 aromatic carbocycles. The van der Waals surface area contributed by atoms with Gasteiger partial charge in [0.2, 0.25) is 0 Å². The first-order valence-corrected chi connectivity index (χ1v) is 5.79. The minimum absolute atomic E-state index is 0.166. The number of hydrogen-bond donors (Lipinski definition) is 0. The Bertz CT molecular complexity index is 397. The van der Waals surface area contributed by atoms with Crippen molar-refractivity contribution in [3.8, 4) is 5.75 Å². The molecular formula is C14H18O2. The quantitative estimate of drug-likeness (QED) is 0.561. The van der Waals surface area contributed by atoms with Crippen molar-refractivity contribution in [1.82, 2.24) is 0 Å². The fourth-order valence-electron chi connectivity index (χ4n) is 1.56. The van der Waals surface area contributed by atoms with Crippen molar-refractivity contribution in [2.24, 2.45) is 5.41 Å². The van der Waals surface area contributed by atoms with Gasteiger partial charge in [-0.15, -0.1) is 0 Å². The minimum Gasteiger partial charge on any atom is -0.426 e. The Morgan fingerprint density at radius 1 is 1.25 bits per heavy atom. The van der Waals surface area contributed by atoms with E-state index in [1.165, 1.54) is 18.4 Å². The van der Waals surface area contributed by atoms with Gasteiger partial charge in [-0.1, -0.05) is 18.2 Å². The molecule has 0 spiro atoms. The van der Waals surface area contributed by atoms with Gasteiger partial charge in [0.1, 0.15) is 5.75 Å². The van der Waals surface area contributed by atoms with E-state index in [0.29, 0.717) is 5.92 Å². The Morgan fingerprint density at radius 3 is 2.44 bits per heavy atom. The highest BCUT2D eigenvalue weighted by atomic mass is 16.5. The first-order valence-electron chi connectivity index (χ1n) is 5.79. The van der Waals surface area contributed by atoms with Crippen LogP contribution in [0, 0.1) is 5.41 Å². The molecular weight excluding hydrogens is 200 g/mol. The van der Waals surface area contributed by atoms with Crippen LogP contribution >= 0.6 is 0 Å². The number of carbonyl (C=O) groups is 1. The van der Waals surface area contributed by atoms with Crippen molar-refractivity contribution in [1.29, 1.82) is 0 Å². The highest BCUT2D eigenvalue weighted by Gasteiger charge is 2.29. The van der Waals surface area contributed by atoms with Crippen LogP contribution in [0.1, 0.15) is 45.1 Å². The molecule has 1 fully saturated rings. The van der Waals surface area contributed by atoms with Crippen LogP contribution in [-0.2, 0) is 4.79 Å². The van der Waals surface area contributed by atoms with Gasteiger partial charge in [-0.3, -0.25) is 4.79 Å². The van der Waals surface area contributed by atoms with E-state index in [9.17, 15) is 4.79 Å². The number of esters is 1. The van der Waals surface area contributed by atoms with Crippen LogP contribution in [0.2, 0.25) is 0 Å². The molecule has 16 heavy (non-hydrogen) atoms. The van der Waals surface area contributed by atoms with Gasteiger partial charge < -0.3 is 4.74 Å². The Labute approximate surface area is 96.6 Å². The van der Waals surface area contributed by atoms with E-state index in [1.807, 2.05) is 39.0 Å². The van der Waals surface area contributed by atoms with Gasteiger partial charge in [0.05, 0.1) is 5.41 Å². The van der Waals surface area contributed by atoms with Crippen molar-refractivity contribution in [2.45, 2.75) is 39.5 Å². The van der Waals surface area contributed by atoms with Crippen molar-refractivity contribution in [2.75, 3.05) is 0 Å². The summed E-state index contributed by atoms with van der Waals surface area (Å²) in [6.45, 7) is 5.61. The predicted molar refractivity (Wildman–Crippen MR) is 63.5 cm³/mol. The molecule has 0 N–H and O–H groups in total. The van der Waals surface area contributed by atoms with E-state index in [-0.39, 0.29) is 5.97 Å². The molecule has 1 aromatic rings. The molecule has 0 unspecified atom stereocenters.